The van der Waals surface area contributed by atoms with Gasteiger partial charge in [0.2, 0.25) is 0 Å². The molecule has 2 radical (unpaired) electrons. The molecular weight excluding hydrogens is 417 g/mol. The summed E-state index contributed by atoms with van der Waals surface area (Å²) in [4.78, 5) is 0. The van der Waals surface area contributed by atoms with Crippen LogP contribution in [0.25, 0.3) is 0 Å². The average molecular weight is 445 g/mol. The average Bonchev–Trinajstić information content (AvgIpc) is 2.76. The Morgan fingerprint density at radius 3 is 2.00 bits per heavy atom. The maximum atomic E-state index is 5.05. The van der Waals surface area contributed by atoms with Crippen LogP contribution in [0, 0.1) is 11.0 Å². The maximum Gasteiger partial charge on any atom is 0.0563 e. The molecular formula is C24H28S4. The van der Waals surface area contributed by atoms with Gasteiger partial charge in [0.1, 0.15) is 0 Å². The van der Waals surface area contributed by atoms with Crippen LogP contribution in [0.1, 0.15) is 29.9 Å². The fraction of sp³-hybridized carbons (Fsp3) is 0.250. The van der Waals surface area contributed by atoms with Crippen LogP contribution >= 0.6 is 50.5 Å². The SMILES string of the molecule is C=CC(S)[C](S)C(c1ccccc1)(C(S)C=C)C(CC[CH]S)c1ccccc1. The summed E-state index contributed by atoms with van der Waals surface area (Å²) in [6, 6.07) is 21.0. The van der Waals surface area contributed by atoms with Gasteiger partial charge >= 0.3 is 0 Å². The van der Waals surface area contributed by atoms with Crippen molar-refractivity contribution in [2.24, 2.45) is 0 Å². The van der Waals surface area contributed by atoms with Gasteiger partial charge in [0.05, 0.1) is 5.25 Å². The molecule has 4 heteroatoms. The van der Waals surface area contributed by atoms with Crippen molar-refractivity contribution in [3.63, 3.8) is 0 Å². The lowest BCUT2D eigenvalue weighted by Crippen LogP contribution is -2.47. The lowest BCUT2D eigenvalue weighted by Gasteiger charge is -2.49. The first-order valence-corrected chi connectivity index (χ1v) is 11.3. The largest absolute Gasteiger partial charge is 0.175 e. The van der Waals surface area contributed by atoms with Gasteiger partial charge in [-0.1, -0.05) is 72.8 Å². The molecule has 0 aliphatic rings. The molecule has 0 aromatic heterocycles. The molecule has 0 amide bonds. The molecule has 4 atom stereocenters. The van der Waals surface area contributed by atoms with Crippen molar-refractivity contribution in [3.05, 3.63) is 108 Å². The summed E-state index contributed by atoms with van der Waals surface area (Å²) in [5.41, 5.74) is 1.86. The molecule has 0 N–H and O–H groups in total. The molecule has 0 fully saturated rings. The Labute approximate surface area is 192 Å². The first kappa shape index (κ1) is 23.6. The van der Waals surface area contributed by atoms with E-state index in [0.717, 1.165) is 23.7 Å². The van der Waals surface area contributed by atoms with Crippen LogP contribution in [0.5, 0.6) is 0 Å². The highest BCUT2D eigenvalue weighted by Gasteiger charge is 2.51. The molecule has 0 aliphatic carbocycles. The molecule has 2 rings (SSSR count). The minimum atomic E-state index is -0.520. The molecule has 0 aliphatic heterocycles. The van der Waals surface area contributed by atoms with E-state index in [-0.39, 0.29) is 16.4 Å². The Morgan fingerprint density at radius 2 is 1.50 bits per heavy atom. The van der Waals surface area contributed by atoms with Gasteiger partial charge in [0.25, 0.3) is 0 Å². The summed E-state index contributed by atoms with van der Waals surface area (Å²) in [5, 5.41) is 0.566. The van der Waals surface area contributed by atoms with E-state index in [2.05, 4.69) is 74.3 Å². The molecule has 0 saturated heterocycles. The van der Waals surface area contributed by atoms with Gasteiger partial charge in [-0.2, -0.15) is 50.5 Å². The Balaban J connectivity index is 2.81. The van der Waals surface area contributed by atoms with E-state index >= 15 is 0 Å². The van der Waals surface area contributed by atoms with Gasteiger partial charge in [-0.05, 0) is 29.9 Å². The van der Waals surface area contributed by atoms with Crippen LogP contribution in [0.3, 0.4) is 0 Å². The van der Waals surface area contributed by atoms with Crippen molar-refractivity contribution in [3.8, 4) is 0 Å². The van der Waals surface area contributed by atoms with Crippen molar-refractivity contribution < 1.29 is 0 Å². The maximum absolute atomic E-state index is 5.05. The standard InChI is InChI=1S/C24H28S4/c1-3-21(26)23(28)24(22(27)4-2,19-14-9-6-10-15-19)20(16-11-17-25)18-12-7-5-8-13-18/h3-10,12-15,17,20-22,25-28H,1-2,11,16H2. The minimum Gasteiger partial charge on any atom is -0.175 e. The smallest absolute Gasteiger partial charge is 0.0563 e. The summed E-state index contributed by atoms with van der Waals surface area (Å²) >= 11 is 19.2. The highest BCUT2D eigenvalue weighted by molar-refractivity contribution is 7.87. The summed E-state index contributed by atoms with van der Waals surface area (Å²) in [6.45, 7) is 8.03. The Kier molecular flexibility index (Phi) is 9.68. The van der Waals surface area contributed by atoms with Gasteiger partial charge in [-0.3, -0.25) is 0 Å². The lowest BCUT2D eigenvalue weighted by atomic mass is 9.61. The van der Waals surface area contributed by atoms with Crippen molar-refractivity contribution in [2.75, 3.05) is 0 Å². The third-order valence-corrected chi connectivity index (χ3v) is 7.40. The number of thiol groups is 4. The normalized spacial score (nSPS) is 16.8. The van der Waals surface area contributed by atoms with Crippen LogP contribution in [0.15, 0.2) is 86.0 Å². The summed E-state index contributed by atoms with van der Waals surface area (Å²) < 4.78 is 0. The van der Waals surface area contributed by atoms with Crippen LogP contribution in [0.2, 0.25) is 0 Å². The first-order chi connectivity index (χ1) is 13.5. The fourth-order valence-electron chi connectivity index (χ4n) is 3.90. The van der Waals surface area contributed by atoms with Gasteiger partial charge in [-0.15, -0.1) is 13.2 Å². The number of rotatable bonds is 11. The third-order valence-electron chi connectivity index (χ3n) is 5.20. The zero-order valence-corrected chi connectivity index (χ0v) is 19.4. The molecule has 2 aromatic carbocycles. The minimum absolute atomic E-state index is 0.113. The fourth-order valence-corrected chi connectivity index (χ4v) is 5.36. The molecule has 148 valence electrons. The molecule has 0 spiro atoms. The zero-order chi connectivity index (χ0) is 20.6. The van der Waals surface area contributed by atoms with Crippen LogP contribution in [-0.2, 0) is 5.41 Å². The summed E-state index contributed by atoms with van der Waals surface area (Å²) in [6.07, 6.45) is 5.48. The highest BCUT2D eigenvalue weighted by atomic mass is 32.1. The quantitative estimate of drug-likeness (QED) is 0.208. The Morgan fingerprint density at radius 1 is 0.929 bits per heavy atom. The summed E-state index contributed by atoms with van der Waals surface area (Å²) in [5.74, 6) is 2.03. The predicted molar refractivity (Wildman–Crippen MR) is 138 cm³/mol. The Bertz CT molecular complexity index is 731. The van der Waals surface area contributed by atoms with Crippen LogP contribution in [-0.4, -0.2) is 10.5 Å². The molecule has 0 nitrogen and oxygen atoms in total. The van der Waals surface area contributed by atoms with Crippen molar-refractivity contribution in [1.82, 2.24) is 0 Å². The van der Waals surface area contributed by atoms with Crippen LogP contribution in [0.4, 0.5) is 0 Å². The molecule has 0 heterocycles. The van der Waals surface area contributed by atoms with E-state index < -0.39 is 5.41 Å². The van der Waals surface area contributed by atoms with Gasteiger partial charge in [0.15, 0.2) is 0 Å². The number of benzene rings is 2. The topological polar surface area (TPSA) is 0 Å². The third kappa shape index (κ3) is 4.89. The molecule has 2 aromatic rings. The van der Waals surface area contributed by atoms with Crippen molar-refractivity contribution in [2.45, 2.75) is 34.7 Å². The second-order valence-corrected chi connectivity index (χ2v) is 8.66. The zero-order valence-electron chi connectivity index (χ0n) is 15.9. The second kappa shape index (κ2) is 11.5. The summed E-state index contributed by atoms with van der Waals surface area (Å²) in [7, 11) is 0. The molecule has 28 heavy (non-hydrogen) atoms. The monoisotopic (exact) mass is 444 g/mol. The molecule has 0 saturated carbocycles. The van der Waals surface area contributed by atoms with Gasteiger partial charge in [-0.25, -0.2) is 0 Å². The van der Waals surface area contributed by atoms with E-state index in [1.807, 2.05) is 30.0 Å². The van der Waals surface area contributed by atoms with E-state index in [0.29, 0.717) is 0 Å². The lowest BCUT2D eigenvalue weighted by molar-refractivity contribution is 0.374. The van der Waals surface area contributed by atoms with E-state index in [1.165, 1.54) is 5.56 Å². The van der Waals surface area contributed by atoms with Gasteiger partial charge in [0, 0.05) is 21.7 Å². The predicted octanol–water partition coefficient (Wildman–Crippen LogP) is 7.01. The number of hydrogen-bond acceptors (Lipinski definition) is 4. The van der Waals surface area contributed by atoms with E-state index in [4.69, 9.17) is 37.9 Å². The highest BCUT2D eigenvalue weighted by Crippen LogP contribution is 2.55. The van der Waals surface area contributed by atoms with Crippen LogP contribution < -0.4 is 0 Å². The van der Waals surface area contributed by atoms with E-state index in [1.54, 1.807) is 0 Å². The number of hydrogen-bond donors (Lipinski definition) is 4. The first-order valence-electron chi connectivity index (χ1n) is 9.27. The molecule has 4 unspecified atom stereocenters. The Hall–Kier alpha value is -0.680. The van der Waals surface area contributed by atoms with Gasteiger partial charge < -0.3 is 0 Å². The second-order valence-electron chi connectivity index (χ2n) is 6.70. The molecule has 0 bridgehead atoms. The van der Waals surface area contributed by atoms with Crippen molar-refractivity contribution in [1.29, 1.82) is 0 Å². The van der Waals surface area contributed by atoms with Crippen molar-refractivity contribution >= 4 is 50.5 Å². The van der Waals surface area contributed by atoms with E-state index in [9.17, 15) is 0 Å².